The Morgan fingerprint density at radius 1 is 1.17 bits per heavy atom. The predicted molar refractivity (Wildman–Crippen MR) is 148 cm³/mol. The molecule has 0 fully saturated rings. The normalized spacial score (nSPS) is 21.5. The minimum atomic E-state index is -0.820. The first-order valence-electron chi connectivity index (χ1n) is 13.4. The van der Waals surface area contributed by atoms with Crippen molar-refractivity contribution in [1.29, 1.82) is 0 Å². The minimum Gasteiger partial charge on any atom is -0.485 e. The molecule has 12 heteroatoms. The molecule has 0 saturated heterocycles. The average molecular weight is 570 g/mol. The van der Waals surface area contributed by atoms with Crippen molar-refractivity contribution in [2.24, 2.45) is 5.92 Å². The number of nitro benzene ring substituents is 1. The van der Waals surface area contributed by atoms with Gasteiger partial charge in [0.25, 0.3) is 11.6 Å². The largest absolute Gasteiger partial charge is 0.485 e. The van der Waals surface area contributed by atoms with Gasteiger partial charge in [0, 0.05) is 43.0 Å². The van der Waals surface area contributed by atoms with Gasteiger partial charge in [0.15, 0.2) is 6.79 Å². The third-order valence-electron chi connectivity index (χ3n) is 6.80. The molecule has 0 aromatic heterocycles. The highest BCUT2D eigenvalue weighted by atomic mass is 16.7. The van der Waals surface area contributed by atoms with E-state index in [9.17, 15) is 19.7 Å². The number of hydrogen-bond donors (Lipinski definition) is 1. The summed E-state index contributed by atoms with van der Waals surface area (Å²) in [5, 5.41) is 14.2. The van der Waals surface area contributed by atoms with Crippen LogP contribution in [0.5, 0.6) is 11.5 Å². The topological polar surface area (TPSA) is 139 Å². The molecule has 2 amide bonds. The van der Waals surface area contributed by atoms with Gasteiger partial charge in [-0.05, 0) is 30.2 Å². The molecule has 2 aromatic rings. The van der Waals surface area contributed by atoms with Crippen molar-refractivity contribution >= 4 is 17.5 Å². The molecule has 2 aliphatic rings. The molecule has 4 rings (SSSR count). The number of hydrogen-bond acceptors (Lipinski definition) is 9. The van der Waals surface area contributed by atoms with Crippen molar-refractivity contribution in [3.8, 4) is 11.5 Å². The molecule has 0 radical (unpaired) electrons. The number of nitrogens with zero attached hydrogens (tertiary/aromatic N) is 2. The second-order valence-corrected chi connectivity index (χ2v) is 9.96. The van der Waals surface area contributed by atoms with Gasteiger partial charge in [-0.3, -0.25) is 19.7 Å². The van der Waals surface area contributed by atoms with Crippen LogP contribution in [0.1, 0.15) is 35.8 Å². The van der Waals surface area contributed by atoms with E-state index in [0.717, 1.165) is 5.56 Å². The Labute approximate surface area is 238 Å². The molecule has 2 heterocycles. The number of methoxy groups -OCH3 is 1. The summed E-state index contributed by atoms with van der Waals surface area (Å²) in [5.41, 5.74) is 0.892. The molecule has 2 aliphatic heterocycles. The Kier molecular flexibility index (Phi) is 10.3. The molecule has 3 atom stereocenters. The zero-order valence-corrected chi connectivity index (χ0v) is 23.3. The molecular weight excluding hydrogens is 534 g/mol. The Balaban J connectivity index is 1.57. The number of ether oxygens (including phenoxy) is 5. The van der Waals surface area contributed by atoms with E-state index in [0.29, 0.717) is 24.7 Å². The van der Waals surface area contributed by atoms with Crippen molar-refractivity contribution < 1.29 is 38.2 Å². The highest BCUT2D eigenvalue weighted by molar-refractivity contribution is 5.98. The molecule has 41 heavy (non-hydrogen) atoms. The summed E-state index contributed by atoms with van der Waals surface area (Å²) in [6.45, 7) is 5.33. The predicted octanol–water partition coefficient (Wildman–Crippen LogP) is 3.27. The second kappa shape index (κ2) is 14.1. The summed E-state index contributed by atoms with van der Waals surface area (Å²) in [6.07, 6.45) is 3.06. The highest BCUT2D eigenvalue weighted by Crippen LogP contribution is 2.39. The van der Waals surface area contributed by atoms with E-state index in [4.69, 9.17) is 23.7 Å². The molecule has 220 valence electrons. The summed E-state index contributed by atoms with van der Waals surface area (Å²) < 4.78 is 28.0. The number of benzene rings is 2. The van der Waals surface area contributed by atoms with Crippen LogP contribution in [0.3, 0.4) is 0 Å². The molecule has 1 N–H and O–H groups in total. The van der Waals surface area contributed by atoms with Crippen LogP contribution < -0.4 is 14.8 Å². The van der Waals surface area contributed by atoms with Gasteiger partial charge in [-0.1, -0.05) is 26.0 Å². The van der Waals surface area contributed by atoms with Crippen molar-refractivity contribution in [2.75, 3.05) is 46.9 Å². The van der Waals surface area contributed by atoms with Gasteiger partial charge in [0.1, 0.15) is 23.6 Å². The summed E-state index contributed by atoms with van der Waals surface area (Å²) in [4.78, 5) is 39.5. The van der Waals surface area contributed by atoms with Gasteiger partial charge in [0.05, 0.1) is 37.4 Å². The Hall–Kier alpha value is -4.00. The lowest BCUT2D eigenvalue weighted by Gasteiger charge is -2.34. The molecule has 0 saturated carbocycles. The molecule has 0 bridgehead atoms. The summed E-state index contributed by atoms with van der Waals surface area (Å²) in [7, 11) is 1.59. The lowest BCUT2D eigenvalue weighted by Crippen LogP contribution is -2.54. The monoisotopic (exact) mass is 569 g/mol. The third-order valence-corrected chi connectivity index (χ3v) is 6.80. The number of carbonyl (C=O) groups is 2. The average Bonchev–Trinajstić information content (AvgIpc) is 3.28. The van der Waals surface area contributed by atoms with Gasteiger partial charge < -0.3 is 33.9 Å². The molecule has 0 unspecified atom stereocenters. The molecule has 12 nitrogen and oxygen atoms in total. The summed E-state index contributed by atoms with van der Waals surface area (Å²) in [6, 6.07) is 9.37. The maximum Gasteiger partial charge on any atom is 0.269 e. The number of fused-ring (bicyclic) bond motifs is 3. The van der Waals surface area contributed by atoms with Crippen molar-refractivity contribution in [3.63, 3.8) is 0 Å². The molecular formula is C29H35N3O9. The van der Waals surface area contributed by atoms with Gasteiger partial charge in [-0.25, -0.2) is 0 Å². The van der Waals surface area contributed by atoms with Crippen LogP contribution in [0.4, 0.5) is 5.69 Å². The van der Waals surface area contributed by atoms with Crippen molar-refractivity contribution in [2.45, 2.75) is 32.0 Å². The van der Waals surface area contributed by atoms with Gasteiger partial charge in [0.2, 0.25) is 5.91 Å². The van der Waals surface area contributed by atoms with Crippen LogP contribution in [0.15, 0.2) is 54.6 Å². The number of non-ortho nitro benzene ring substituents is 1. The van der Waals surface area contributed by atoms with Gasteiger partial charge in [-0.15, -0.1) is 0 Å². The first kappa shape index (κ1) is 30.0. The SMILES string of the molecule is COCCOCOc1ccc2c(c1)O[C@@H]1COC/C=C/CN(C(=O)c3ccc([N+](=O)[O-])cc3)[C@@H](C(C)C)C(=O)N[C@@H]21. The second-order valence-electron chi connectivity index (χ2n) is 9.96. The molecule has 2 aromatic carbocycles. The van der Waals surface area contributed by atoms with E-state index in [1.165, 1.54) is 29.2 Å². The highest BCUT2D eigenvalue weighted by Gasteiger charge is 2.40. The van der Waals surface area contributed by atoms with Crippen LogP contribution in [-0.2, 0) is 19.0 Å². The van der Waals surface area contributed by atoms with Crippen LogP contribution in [0.2, 0.25) is 0 Å². The van der Waals surface area contributed by atoms with E-state index in [1.54, 1.807) is 31.4 Å². The quantitative estimate of drug-likeness (QED) is 0.158. The number of nitrogens with one attached hydrogen (secondary N) is 1. The molecule has 0 aliphatic carbocycles. The van der Waals surface area contributed by atoms with E-state index in [1.807, 2.05) is 19.9 Å². The van der Waals surface area contributed by atoms with Crippen LogP contribution >= 0.6 is 0 Å². The number of rotatable bonds is 9. The van der Waals surface area contributed by atoms with Crippen molar-refractivity contribution in [3.05, 3.63) is 75.9 Å². The fraction of sp³-hybridized carbons (Fsp3) is 0.448. The number of amides is 2. The zero-order valence-electron chi connectivity index (χ0n) is 23.3. The van der Waals surface area contributed by atoms with Gasteiger partial charge in [-0.2, -0.15) is 0 Å². The van der Waals surface area contributed by atoms with E-state index >= 15 is 0 Å². The smallest absolute Gasteiger partial charge is 0.269 e. The summed E-state index contributed by atoms with van der Waals surface area (Å²) in [5.74, 6) is 0.115. The lowest BCUT2D eigenvalue weighted by molar-refractivity contribution is -0.384. The van der Waals surface area contributed by atoms with Crippen LogP contribution in [0.25, 0.3) is 0 Å². The van der Waals surface area contributed by atoms with Crippen LogP contribution in [0, 0.1) is 16.0 Å². The van der Waals surface area contributed by atoms with E-state index < -0.39 is 29.0 Å². The van der Waals surface area contributed by atoms with Gasteiger partial charge >= 0.3 is 0 Å². The maximum absolute atomic E-state index is 13.8. The third kappa shape index (κ3) is 7.40. The first-order chi connectivity index (χ1) is 19.8. The zero-order chi connectivity index (χ0) is 29.4. The standard InChI is InChI=1S/C29H35N3O9/c1-19(2)27-28(33)30-26-23-11-10-22(40-18-39-15-14-37-3)16-24(23)41-25(26)17-38-13-5-4-12-31(27)29(34)20-6-8-21(9-7-20)32(35)36/h4-11,16,19,25-27H,12-15,17-18H2,1-3H3,(H,30,33)/b5-4+/t25-,26+,27+/m1/s1. The minimum absolute atomic E-state index is 0.0515. The molecule has 0 spiro atoms. The first-order valence-corrected chi connectivity index (χ1v) is 13.4. The number of carbonyl (C=O) groups excluding carboxylic acids is 2. The lowest BCUT2D eigenvalue weighted by atomic mass is 9.97. The van der Waals surface area contributed by atoms with E-state index in [-0.39, 0.29) is 49.6 Å². The maximum atomic E-state index is 13.8. The van der Waals surface area contributed by atoms with Crippen LogP contribution in [-0.4, -0.2) is 80.7 Å². The Morgan fingerprint density at radius 3 is 2.66 bits per heavy atom. The number of nitro groups is 1. The van der Waals surface area contributed by atoms with E-state index in [2.05, 4.69) is 5.32 Å². The van der Waals surface area contributed by atoms with Crippen molar-refractivity contribution in [1.82, 2.24) is 10.2 Å². The fourth-order valence-electron chi connectivity index (χ4n) is 4.77. The summed E-state index contributed by atoms with van der Waals surface area (Å²) >= 11 is 0. The Bertz CT molecular complexity index is 1250. The Morgan fingerprint density at radius 2 is 1.95 bits per heavy atom. The fourth-order valence-corrected chi connectivity index (χ4v) is 4.77.